The lowest BCUT2D eigenvalue weighted by atomic mass is 10.1. The maximum Gasteiger partial charge on any atom is 0.344 e. The third kappa shape index (κ3) is 4.50. The van der Waals surface area contributed by atoms with Crippen molar-refractivity contribution in [2.75, 3.05) is 13.4 Å². The second-order valence-electron chi connectivity index (χ2n) is 5.36. The lowest BCUT2D eigenvalue weighted by Crippen LogP contribution is -2.17. The van der Waals surface area contributed by atoms with Crippen molar-refractivity contribution in [2.24, 2.45) is 0 Å². The van der Waals surface area contributed by atoms with Gasteiger partial charge in [0.2, 0.25) is 0 Å². The highest BCUT2D eigenvalue weighted by molar-refractivity contribution is 9.10. The maximum absolute atomic E-state index is 11.9. The topological polar surface area (TPSA) is 97.1 Å². The van der Waals surface area contributed by atoms with Gasteiger partial charge in [-0.2, -0.15) is 0 Å². The van der Waals surface area contributed by atoms with Crippen LogP contribution in [0.4, 0.5) is 5.69 Å². The lowest BCUT2D eigenvalue weighted by Gasteiger charge is -2.20. The van der Waals surface area contributed by atoms with Gasteiger partial charge in [0.05, 0.1) is 11.5 Å². The number of ether oxygens (including phenoxy) is 4. The summed E-state index contributed by atoms with van der Waals surface area (Å²) in [6.45, 7) is -0.196. The Morgan fingerprint density at radius 1 is 1.27 bits per heavy atom. The molecule has 0 spiro atoms. The summed E-state index contributed by atoms with van der Waals surface area (Å²) in [6, 6.07) is 9.71. The molecular weight excluding hydrogens is 410 g/mol. The normalized spacial score (nSPS) is 12.7. The number of nitro groups is 1. The molecule has 1 aliphatic rings. The van der Waals surface area contributed by atoms with Gasteiger partial charge in [0, 0.05) is 27.7 Å². The van der Waals surface area contributed by atoms with Crippen LogP contribution in [0.25, 0.3) is 0 Å². The van der Waals surface area contributed by atoms with E-state index in [-0.39, 0.29) is 32.3 Å². The number of nitrogens with zero attached hydrogens (tertiary/aromatic N) is 1. The highest BCUT2D eigenvalue weighted by Gasteiger charge is 2.21. The zero-order valence-electron chi connectivity index (χ0n) is 13.5. The fourth-order valence-electron chi connectivity index (χ4n) is 2.37. The van der Waals surface area contributed by atoms with Crippen molar-refractivity contribution in [3.8, 4) is 11.5 Å². The van der Waals surface area contributed by atoms with E-state index < -0.39 is 10.9 Å². The standard InChI is InChI=1S/C17H14BrNO7/c18-13-1-3-15(4-2-13)24-9-16(20)25-8-12-6-14(19(21)22)5-11-7-23-10-26-17(11)12/h1-6H,7-10H2. The van der Waals surface area contributed by atoms with Crippen LogP contribution in [0.2, 0.25) is 0 Å². The van der Waals surface area contributed by atoms with Gasteiger partial charge in [-0.25, -0.2) is 4.79 Å². The summed E-state index contributed by atoms with van der Waals surface area (Å²) < 4.78 is 21.9. The van der Waals surface area contributed by atoms with E-state index in [0.29, 0.717) is 22.6 Å². The van der Waals surface area contributed by atoms with E-state index >= 15 is 0 Å². The van der Waals surface area contributed by atoms with Gasteiger partial charge in [0.25, 0.3) is 5.69 Å². The number of benzene rings is 2. The molecule has 2 aromatic rings. The van der Waals surface area contributed by atoms with E-state index in [1.165, 1.54) is 12.1 Å². The van der Waals surface area contributed by atoms with Crippen LogP contribution in [0.1, 0.15) is 11.1 Å². The SMILES string of the molecule is O=C(COc1ccc(Br)cc1)OCc1cc([N+](=O)[O-])cc2c1OCOC2. The van der Waals surface area contributed by atoms with Crippen LogP contribution < -0.4 is 9.47 Å². The van der Waals surface area contributed by atoms with Crippen molar-refractivity contribution < 1.29 is 28.7 Å². The molecule has 0 saturated heterocycles. The molecule has 8 nitrogen and oxygen atoms in total. The molecule has 0 fully saturated rings. The van der Waals surface area contributed by atoms with Gasteiger partial charge in [0.15, 0.2) is 13.4 Å². The van der Waals surface area contributed by atoms with Crippen molar-refractivity contribution in [3.63, 3.8) is 0 Å². The Kier molecular flexibility index (Phi) is 5.69. The minimum Gasteiger partial charge on any atom is -0.482 e. The quantitative estimate of drug-likeness (QED) is 0.399. The predicted molar refractivity (Wildman–Crippen MR) is 92.8 cm³/mol. The van der Waals surface area contributed by atoms with Gasteiger partial charge in [0.1, 0.15) is 18.1 Å². The first kappa shape index (κ1) is 18.2. The van der Waals surface area contributed by atoms with Gasteiger partial charge in [-0.3, -0.25) is 10.1 Å². The minimum absolute atomic E-state index is 0.0401. The van der Waals surface area contributed by atoms with Gasteiger partial charge in [-0.05, 0) is 24.3 Å². The second-order valence-corrected chi connectivity index (χ2v) is 6.28. The molecular formula is C17H14BrNO7. The summed E-state index contributed by atoms with van der Waals surface area (Å²) in [5.74, 6) is 0.377. The molecule has 0 aromatic heterocycles. The monoisotopic (exact) mass is 423 g/mol. The van der Waals surface area contributed by atoms with Crippen molar-refractivity contribution in [1.29, 1.82) is 0 Å². The van der Waals surface area contributed by atoms with Crippen LogP contribution in [0.5, 0.6) is 11.5 Å². The molecule has 136 valence electrons. The van der Waals surface area contributed by atoms with Crippen LogP contribution in [-0.4, -0.2) is 24.3 Å². The number of carbonyl (C=O) groups is 1. The zero-order chi connectivity index (χ0) is 18.5. The molecule has 0 aliphatic carbocycles. The number of halogens is 1. The van der Waals surface area contributed by atoms with E-state index in [1.54, 1.807) is 24.3 Å². The molecule has 0 radical (unpaired) electrons. The molecule has 0 saturated carbocycles. The third-order valence-electron chi connectivity index (χ3n) is 3.54. The Hall–Kier alpha value is -2.65. The van der Waals surface area contributed by atoms with E-state index in [2.05, 4.69) is 15.9 Å². The summed E-state index contributed by atoms with van der Waals surface area (Å²) >= 11 is 3.31. The summed E-state index contributed by atoms with van der Waals surface area (Å²) in [5, 5.41) is 11.1. The average Bonchev–Trinajstić information content (AvgIpc) is 2.65. The zero-order valence-corrected chi connectivity index (χ0v) is 15.1. The Bertz CT molecular complexity index is 823. The molecule has 9 heteroatoms. The number of rotatable bonds is 6. The molecule has 1 heterocycles. The highest BCUT2D eigenvalue weighted by atomic mass is 79.9. The molecule has 1 aliphatic heterocycles. The summed E-state index contributed by atoms with van der Waals surface area (Å²) in [6.07, 6.45) is 0. The van der Waals surface area contributed by atoms with Crippen molar-refractivity contribution in [3.05, 3.63) is 62.1 Å². The first-order valence-corrected chi connectivity index (χ1v) is 8.37. The molecule has 0 atom stereocenters. The smallest absolute Gasteiger partial charge is 0.344 e. The van der Waals surface area contributed by atoms with Crippen molar-refractivity contribution in [2.45, 2.75) is 13.2 Å². The number of non-ortho nitro benzene ring substituents is 1. The second kappa shape index (κ2) is 8.15. The largest absolute Gasteiger partial charge is 0.482 e. The number of nitro benzene ring substituents is 1. The highest BCUT2D eigenvalue weighted by Crippen LogP contribution is 2.33. The molecule has 3 rings (SSSR count). The average molecular weight is 424 g/mol. The maximum atomic E-state index is 11.9. The van der Waals surface area contributed by atoms with Crippen LogP contribution in [0.3, 0.4) is 0 Å². The Morgan fingerprint density at radius 2 is 2.04 bits per heavy atom. The van der Waals surface area contributed by atoms with E-state index in [0.717, 1.165) is 4.47 Å². The summed E-state index contributed by atoms with van der Waals surface area (Å²) in [4.78, 5) is 22.4. The summed E-state index contributed by atoms with van der Waals surface area (Å²) in [7, 11) is 0. The van der Waals surface area contributed by atoms with E-state index in [1.807, 2.05) is 0 Å². The molecule has 0 bridgehead atoms. The number of fused-ring (bicyclic) bond motifs is 1. The van der Waals surface area contributed by atoms with E-state index in [9.17, 15) is 14.9 Å². The van der Waals surface area contributed by atoms with Crippen molar-refractivity contribution in [1.82, 2.24) is 0 Å². The predicted octanol–water partition coefficient (Wildman–Crippen LogP) is 3.35. The Balaban J connectivity index is 1.63. The Labute approximate surface area is 156 Å². The van der Waals surface area contributed by atoms with Gasteiger partial charge in [-0.1, -0.05) is 15.9 Å². The van der Waals surface area contributed by atoms with Crippen LogP contribution >= 0.6 is 15.9 Å². The minimum atomic E-state index is -0.597. The molecule has 0 N–H and O–H groups in total. The van der Waals surface area contributed by atoms with Gasteiger partial charge in [-0.15, -0.1) is 0 Å². The van der Waals surface area contributed by atoms with Crippen LogP contribution in [-0.2, 0) is 27.5 Å². The molecule has 0 unspecified atom stereocenters. The first-order valence-electron chi connectivity index (χ1n) is 7.57. The van der Waals surface area contributed by atoms with Gasteiger partial charge >= 0.3 is 5.97 Å². The fourth-order valence-corrected chi connectivity index (χ4v) is 2.63. The first-order chi connectivity index (χ1) is 12.5. The lowest BCUT2D eigenvalue weighted by molar-refractivity contribution is -0.385. The summed E-state index contributed by atoms with van der Waals surface area (Å²) in [5.41, 5.74) is 0.840. The molecule has 2 aromatic carbocycles. The van der Waals surface area contributed by atoms with Gasteiger partial charge < -0.3 is 18.9 Å². The number of esters is 1. The van der Waals surface area contributed by atoms with Crippen molar-refractivity contribution >= 4 is 27.6 Å². The fraction of sp³-hybridized carbons (Fsp3) is 0.235. The Morgan fingerprint density at radius 3 is 2.77 bits per heavy atom. The molecule has 0 amide bonds. The molecule has 26 heavy (non-hydrogen) atoms. The number of hydrogen-bond acceptors (Lipinski definition) is 7. The van der Waals surface area contributed by atoms with Crippen LogP contribution in [0, 0.1) is 10.1 Å². The number of hydrogen-bond donors (Lipinski definition) is 0. The number of carbonyl (C=O) groups excluding carboxylic acids is 1. The van der Waals surface area contributed by atoms with E-state index in [4.69, 9.17) is 18.9 Å². The van der Waals surface area contributed by atoms with Crippen LogP contribution in [0.15, 0.2) is 40.9 Å². The third-order valence-corrected chi connectivity index (χ3v) is 4.07.